The molecule has 0 aliphatic carbocycles. The second kappa shape index (κ2) is 7.17. The summed E-state index contributed by atoms with van der Waals surface area (Å²) < 4.78 is 0. The Morgan fingerprint density at radius 1 is 1.41 bits per heavy atom. The van der Waals surface area contributed by atoms with Crippen LogP contribution >= 0.6 is 11.8 Å². The second-order valence-corrected chi connectivity index (χ2v) is 6.76. The Morgan fingerprint density at radius 2 is 2.14 bits per heavy atom. The lowest BCUT2D eigenvalue weighted by atomic mass is 10.1. The van der Waals surface area contributed by atoms with Gasteiger partial charge in [-0.05, 0) is 13.3 Å². The maximum absolute atomic E-state index is 12.3. The predicted octanol–water partition coefficient (Wildman–Crippen LogP) is 2.03. The molecular weight excluding hydrogens is 300 g/mol. The highest BCUT2D eigenvalue weighted by Crippen LogP contribution is 2.29. The quantitative estimate of drug-likeness (QED) is 0.600. The molecule has 1 fully saturated rings. The lowest BCUT2D eigenvalue weighted by molar-refractivity contribution is -0.127. The minimum Gasteiger partial charge on any atom is -0.336 e. The highest BCUT2D eigenvalue weighted by Gasteiger charge is 2.48. The number of nitrogens with one attached hydrogen (secondary N) is 1. The van der Waals surface area contributed by atoms with E-state index in [9.17, 15) is 9.59 Å². The van der Waals surface area contributed by atoms with Crippen molar-refractivity contribution in [2.75, 3.05) is 19.3 Å². The van der Waals surface area contributed by atoms with Gasteiger partial charge in [0, 0.05) is 19.3 Å². The third-order valence-corrected chi connectivity index (χ3v) is 5.01. The van der Waals surface area contributed by atoms with Gasteiger partial charge in [0.05, 0.1) is 0 Å². The zero-order chi connectivity index (χ0) is 16.3. The Balaban J connectivity index is 2.18. The van der Waals surface area contributed by atoms with Crippen LogP contribution in [0.5, 0.6) is 0 Å². The van der Waals surface area contributed by atoms with Crippen LogP contribution in [0.15, 0.2) is 17.1 Å². The largest absolute Gasteiger partial charge is 0.336 e. The van der Waals surface area contributed by atoms with Crippen molar-refractivity contribution in [1.82, 2.24) is 15.1 Å². The van der Waals surface area contributed by atoms with E-state index in [0.29, 0.717) is 0 Å². The van der Waals surface area contributed by atoms with Gasteiger partial charge in [-0.25, -0.2) is 9.79 Å². The molecule has 2 unspecified atom stereocenters. The van der Waals surface area contributed by atoms with Crippen molar-refractivity contribution in [3.8, 4) is 0 Å². The summed E-state index contributed by atoms with van der Waals surface area (Å²) in [6, 6.07) is -0.790. The van der Waals surface area contributed by atoms with Gasteiger partial charge in [0.2, 0.25) is 0 Å². The van der Waals surface area contributed by atoms with Gasteiger partial charge in [-0.2, -0.15) is 0 Å². The fourth-order valence-electron chi connectivity index (χ4n) is 2.58. The van der Waals surface area contributed by atoms with Crippen molar-refractivity contribution < 1.29 is 9.59 Å². The summed E-state index contributed by atoms with van der Waals surface area (Å²) >= 11 is 1.59. The summed E-state index contributed by atoms with van der Waals surface area (Å²) in [6.45, 7) is 8.82. The van der Waals surface area contributed by atoms with E-state index in [2.05, 4.69) is 23.8 Å². The van der Waals surface area contributed by atoms with Crippen molar-refractivity contribution in [1.29, 1.82) is 0 Å². The van der Waals surface area contributed by atoms with Gasteiger partial charge in [0.1, 0.15) is 0 Å². The summed E-state index contributed by atoms with van der Waals surface area (Å²) in [5, 5.41) is 3.25. The van der Waals surface area contributed by atoms with Gasteiger partial charge >= 0.3 is 6.03 Å². The number of hydrogen-bond donors (Lipinski definition) is 1. The van der Waals surface area contributed by atoms with Crippen LogP contribution in [-0.2, 0) is 4.79 Å². The highest BCUT2D eigenvalue weighted by atomic mass is 32.2. The minimum atomic E-state index is -0.421. The molecule has 2 rings (SSSR count). The average molecular weight is 324 g/mol. The molecule has 6 nitrogen and oxygen atoms in total. The zero-order valence-corrected chi connectivity index (χ0v) is 14.3. The topological polar surface area (TPSA) is 65.0 Å². The average Bonchev–Trinajstić information content (AvgIpc) is 2.82. The molecule has 1 N–H and O–H groups in total. The molecule has 1 saturated heterocycles. The van der Waals surface area contributed by atoms with Crippen molar-refractivity contribution in [2.45, 2.75) is 45.3 Å². The zero-order valence-electron chi connectivity index (χ0n) is 13.5. The summed E-state index contributed by atoms with van der Waals surface area (Å²) in [6.07, 6.45) is 2.83. The molecule has 2 aliphatic heterocycles. The van der Waals surface area contributed by atoms with E-state index < -0.39 is 12.2 Å². The Morgan fingerprint density at radius 3 is 2.77 bits per heavy atom. The predicted molar refractivity (Wildman–Crippen MR) is 89.8 cm³/mol. The van der Waals surface area contributed by atoms with Gasteiger partial charge < -0.3 is 9.80 Å². The Bertz CT molecular complexity index is 506. The van der Waals surface area contributed by atoms with E-state index in [1.165, 1.54) is 4.90 Å². The molecule has 22 heavy (non-hydrogen) atoms. The lowest BCUT2D eigenvalue weighted by Crippen LogP contribution is -2.63. The number of urea groups is 1. The first-order chi connectivity index (χ1) is 10.5. The summed E-state index contributed by atoms with van der Waals surface area (Å²) in [4.78, 5) is 32.2. The monoisotopic (exact) mass is 324 g/mol. The molecule has 0 aromatic rings. The van der Waals surface area contributed by atoms with E-state index in [0.717, 1.165) is 42.3 Å². The van der Waals surface area contributed by atoms with Crippen LogP contribution in [0, 0.1) is 0 Å². The maximum atomic E-state index is 12.3. The molecule has 0 bridgehead atoms. The molecule has 7 heteroatoms. The van der Waals surface area contributed by atoms with E-state index >= 15 is 0 Å². The van der Waals surface area contributed by atoms with Gasteiger partial charge in [0.25, 0.3) is 5.91 Å². The van der Waals surface area contributed by atoms with Gasteiger partial charge in [-0.1, -0.05) is 43.7 Å². The van der Waals surface area contributed by atoms with Gasteiger partial charge in [-0.3, -0.25) is 10.1 Å². The molecule has 2 atom stereocenters. The highest BCUT2D eigenvalue weighted by molar-refractivity contribution is 8.13. The molecule has 2 aliphatic rings. The normalized spacial score (nSPS) is 24.2. The van der Waals surface area contributed by atoms with E-state index in [4.69, 9.17) is 0 Å². The number of fused-ring (bicyclic) bond motifs is 1. The standard InChI is InChI=1S/C15H24N4O2S/c1-5-6-7-8-19-11-12(16-15(19)22-9-10(2)3)18(4)14(21)17-13(11)20/h11-12H,2,5-9H2,1,3-4H3,(H,17,20,21). The Hall–Kier alpha value is -1.50. The number of rotatable bonds is 6. The molecule has 0 aromatic carbocycles. The van der Waals surface area contributed by atoms with E-state index in [-0.39, 0.29) is 11.9 Å². The molecule has 0 spiro atoms. The number of hydrogen-bond acceptors (Lipinski definition) is 5. The molecule has 3 amide bonds. The van der Waals surface area contributed by atoms with Gasteiger partial charge in [-0.15, -0.1) is 0 Å². The third-order valence-electron chi connectivity index (χ3n) is 3.77. The number of imide groups is 1. The number of carbonyl (C=O) groups excluding carboxylic acids is 2. The number of carbonyl (C=O) groups is 2. The number of likely N-dealkylation sites (N-methyl/N-ethyl adjacent to an activating group) is 1. The first-order valence-electron chi connectivity index (χ1n) is 7.65. The van der Waals surface area contributed by atoms with E-state index in [1.54, 1.807) is 18.8 Å². The Labute approximate surface area is 136 Å². The van der Waals surface area contributed by atoms with Crippen LogP contribution in [0.3, 0.4) is 0 Å². The van der Waals surface area contributed by atoms with Crippen LogP contribution in [0.1, 0.15) is 33.1 Å². The molecule has 2 heterocycles. The number of amidine groups is 1. The molecule has 0 radical (unpaired) electrons. The van der Waals surface area contributed by atoms with Crippen LogP contribution in [0.4, 0.5) is 4.79 Å². The number of thioether (sulfide) groups is 1. The van der Waals surface area contributed by atoms with E-state index in [1.807, 2.05) is 11.8 Å². The summed E-state index contributed by atoms with van der Waals surface area (Å²) in [5.41, 5.74) is 1.06. The van der Waals surface area contributed by atoms with Crippen molar-refractivity contribution in [3.05, 3.63) is 12.2 Å². The number of aliphatic imine (C=N–C) groups is 1. The number of amides is 3. The van der Waals surface area contributed by atoms with Crippen molar-refractivity contribution >= 4 is 28.9 Å². The van der Waals surface area contributed by atoms with Crippen molar-refractivity contribution in [2.24, 2.45) is 4.99 Å². The SMILES string of the molecule is C=C(C)CSC1=NC2C(C(=O)NC(=O)N2C)N1CCCCC. The molecule has 122 valence electrons. The van der Waals surface area contributed by atoms with Crippen LogP contribution in [0.2, 0.25) is 0 Å². The third kappa shape index (κ3) is 3.45. The minimum absolute atomic E-state index is 0.251. The lowest BCUT2D eigenvalue weighted by Gasteiger charge is -2.36. The molecular formula is C15H24N4O2S. The fourth-order valence-corrected chi connectivity index (χ4v) is 3.50. The molecule has 0 aromatic heterocycles. The maximum Gasteiger partial charge on any atom is 0.325 e. The molecule has 0 saturated carbocycles. The van der Waals surface area contributed by atoms with Gasteiger partial charge in [0.15, 0.2) is 17.4 Å². The fraction of sp³-hybridized carbons (Fsp3) is 0.667. The summed E-state index contributed by atoms with van der Waals surface area (Å²) in [7, 11) is 1.68. The number of nitrogens with zero attached hydrogens (tertiary/aromatic N) is 3. The first kappa shape index (κ1) is 16.9. The van der Waals surface area contributed by atoms with Crippen molar-refractivity contribution in [3.63, 3.8) is 0 Å². The summed E-state index contributed by atoms with van der Waals surface area (Å²) in [5.74, 6) is 0.515. The Kier molecular flexibility index (Phi) is 5.50. The number of unbranched alkanes of at least 4 members (excludes halogenated alkanes) is 2. The van der Waals surface area contributed by atoms with Crippen LogP contribution < -0.4 is 5.32 Å². The smallest absolute Gasteiger partial charge is 0.325 e. The second-order valence-electron chi connectivity index (χ2n) is 5.82. The van der Waals surface area contributed by atoms with Crippen LogP contribution in [0.25, 0.3) is 0 Å². The van der Waals surface area contributed by atoms with Crippen LogP contribution in [-0.4, -0.2) is 58.5 Å². The first-order valence-corrected chi connectivity index (χ1v) is 8.63.